The Balaban J connectivity index is 1.73. The van der Waals surface area contributed by atoms with Gasteiger partial charge in [0.2, 0.25) is 0 Å². The van der Waals surface area contributed by atoms with Crippen molar-refractivity contribution in [3.05, 3.63) is 65.2 Å². The molecule has 1 unspecified atom stereocenters. The molecule has 0 aromatic heterocycles. The Labute approximate surface area is 154 Å². The number of hydrogen-bond acceptors (Lipinski definition) is 4. The number of benzene rings is 2. The van der Waals surface area contributed by atoms with Crippen LogP contribution in [0.25, 0.3) is 0 Å². The van der Waals surface area contributed by atoms with E-state index in [-0.39, 0.29) is 13.2 Å². The summed E-state index contributed by atoms with van der Waals surface area (Å²) < 4.78 is 4.72. The molecule has 8 heteroatoms. The topological polar surface area (TPSA) is 87.7 Å². The van der Waals surface area contributed by atoms with Gasteiger partial charge in [0, 0.05) is 10.7 Å². The molecule has 1 aliphatic heterocycles. The molecule has 7 nitrogen and oxygen atoms in total. The van der Waals surface area contributed by atoms with Crippen LogP contribution in [0.3, 0.4) is 0 Å². The SMILES string of the molecule is O=C(Nc1ccc(Cl)cc1)NC(CN1C(=O)COC1=O)c1ccccc1. The van der Waals surface area contributed by atoms with E-state index in [2.05, 4.69) is 10.6 Å². The van der Waals surface area contributed by atoms with Gasteiger partial charge in [0.1, 0.15) is 0 Å². The van der Waals surface area contributed by atoms with Crippen molar-refractivity contribution in [2.24, 2.45) is 0 Å². The summed E-state index contributed by atoms with van der Waals surface area (Å²) in [6.07, 6.45) is -0.712. The van der Waals surface area contributed by atoms with Crippen molar-refractivity contribution in [3.8, 4) is 0 Å². The van der Waals surface area contributed by atoms with E-state index in [0.717, 1.165) is 10.5 Å². The largest absolute Gasteiger partial charge is 0.439 e. The zero-order valence-corrected chi connectivity index (χ0v) is 14.4. The normalized spacial score (nSPS) is 14.7. The fourth-order valence-electron chi connectivity index (χ4n) is 2.52. The Morgan fingerprint density at radius 3 is 2.42 bits per heavy atom. The third-order valence-electron chi connectivity index (χ3n) is 3.82. The number of nitrogens with zero attached hydrogens (tertiary/aromatic N) is 1. The number of cyclic esters (lactones) is 1. The number of nitrogens with one attached hydrogen (secondary N) is 2. The van der Waals surface area contributed by atoms with Gasteiger partial charge in [0.05, 0.1) is 12.6 Å². The van der Waals surface area contributed by atoms with E-state index in [1.165, 1.54) is 0 Å². The highest BCUT2D eigenvalue weighted by Crippen LogP contribution is 2.18. The summed E-state index contributed by atoms with van der Waals surface area (Å²) in [6, 6.07) is 14.7. The Morgan fingerprint density at radius 1 is 1.12 bits per heavy atom. The molecule has 1 fully saturated rings. The smallest absolute Gasteiger partial charge is 0.417 e. The van der Waals surface area contributed by atoms with Gasteiger partial charge in [-0.1, -0.05) is 41.9 Å². The summed E-state index contributed by atoms with van der Waals surface area (Å²) in [6.45, 7) is -0.299. The van der Waals surface area contributed by atoms with Crippen molar-refractivity contribution in [2.45, 2.75) is 6.04 Å². The van der Waals surface area contributed by atoms with Crippen LogP contribution >= 0.6 is 11.6 Å². The van der Waals surface area contributed by atoms with Gasteiger partial charge in [-0.15, -0.1) is 0 Å². The molecular weight excluding hydrogens is 358 g/mol. The van der Waals surface area contributed by atoms with Crippen molar-refractivity contribution in [2.75, 3.05) is 18.5 Å². The summed E-state index contributed by atoms with van der Waals surface area (Å²) in [5.41, 5.74) is 1.32. The van der Waals surface area contributed by atoms with Crippen LogP contribution in [-0.4, -0.2) is 36.1 Å². The van der Waals surface area contributed by atoms with Crippen molar-refractivity contribution >= 4 is 35.3 Å². The van der Waals surface area contributed by atoms with Gasteiger partial charge in [-0.25, -0.2) is 14.5 Å². The van der Waals surface area contributed by atoms with Crippen LogP contribution in [0.1, 0.15) is 11.6 Å². The lowest BCUT2D eigenvalue weighted by Gasteiger charge is -2.23. The maximum atomic E-state index is 12.3. The van der Waals surface area contributed by atoms with Gasteiger partial charge in [-0.2, -0.15) is 0 Å². The number of rotatable bonds is 5. The van der Waals surface area contributed by atoms with Gasteiger partial charge in [-0.05, 0) is 29.8 Å². The van der Waals surface area contributed by atoms with E-state index in [0.29, 0.717) is 10.7 Å². The minimum atomic E-state index is -0.712. The first-order valence-electron chi connectivity index (χ1n) is 7.88. The number of imide groups is 1. The first-order chi connectivity index (χ1) is 12.5. The third kappa shape index (κ3) is 4.31. The van der Waals surface area contributed by atoms with Gasteiger partial charge < -0.3 is 15.4 Å². The van der Waals surface area contributed by atoms with Crippen LogP contribution in [0.5, 0.6) is 0 Å². The number of halogens is 1. The second kappa shape index (κ2) is 7.88. The summed E-state index contributed by atoms with van der Waals surface area (Å²) in [7, 11) is 0. The standard InChI is InChI=1S/C18H16ClN3O4/c19-13-6-8-14(9-7-13)20-17(24)21-15(12-4-2-1-3-5-12)10-22-16(23)11-26-18(22)25/h1-9,15H,10-11H2,(H2,20,21,24). The number of ether oxygens (including phenoxy) is 1. The second-order valence-electron chi connectivity index (χ2n) is 5.63. The molecule has 0 spiro atoms. The molecule has 26 heavy (non-hydrogen) atoms. The van der Waals surface area contributed by atoms with E-state index in [9.17, 15) is 14.4 Å². The summed E-state index contributed by atoms with van der Waals surface area (Å²) in [4.78, 5) is 36.8. The Hall–Kier alpha value is -3.06. The third-order valence-corrected chi connectivity index (χ3v) is 4.07. The lowest BCUT2D eigenvalue weighted by atomic mass is 10.1. The highest BCUT2D eigenvalue weighted by molar-refractivity contribution is 6.30. The minimum absolute atomic E-state index is 0.0181. The van der Waals surface area contributed by atoms with Crippen LogP contribution < -0.4 is 10.6 Å². The first kappa shape index (κ1) is 17.8. The average molecular weight is 374 g/mol. The Kier molecular flexibility index (Phi) is 5.38. The summed E-state index contributed by atoms with van der Waals surface area (Å²) in [5, 5.41) is 6.03. The van der Waals surface area contributed by atoms with Crippen molar-refractivity contribution in [1.82, 2.24) is 10.2 Å². The number of urea groups is 1. The van der Waals surface area contributed by atoms with Gasteiger partial charge >= 0.3 is 12.1 Å². The molecule has 134 valence electrons. The maximum absolute atomic E-state index is 12.3. The maximum Gasteiger partial charge on any atom is 0.417 e. The summed E-state index contributed by atoms with van der Waals surface area (Å²) in [5.74, 6) is -0.434. The number of carbonyl (C=O) groups excluding carboxylic acids is 3. The van der Waals surface area contributed by atoms with Crippen LogP contribution in [-0.2, 0) is 9.53 Å². The van der Waals surface area contributed by atoms with Gasteiger partial charge in [0.25, 0.3) is 5.91 Å². The number of amides is 4. The molecule has 2 aromatic carbocycles. The molecule has 3 rings (SSSR count). The molecule has 0 aliphatic carbocycles. The number of hydrogen-bond donors (Lipinski definition) is 2. The molecule has 0 saturated carbocycles. The van der Waals surface area contributed by atoms with Crippen LogP contribution in [0.2, 0.25) is 5.02 Å². The molecule has 1 saturated heterocycles. The van der Waals surface area contributed by atoms with Crippen molar-refractivity contribution in [1.29, 1.82) is 0 Å². The highest BCUT2D eigenvalue weighted by atomic mass is 35.5. The monoisotopic (exact) mass is 373 g/mol. The molecule has 1 heterocycles. The molecule has 0 radical (unpaired) electrons. The van der Waals surface area contributed by atoms with Gasteiger partial charge in [0.15, 0.2) is 6.61 Å². The molecule has 2 N–H and O–H groups in total. The van der Waals surface area contributed by atoms with Crippen LogP contribution in [0.4, 0.5) is 15.3 Å². The molecule has 1 aliphatic rings. The zero-order chi connectivity index (χ0) is 18.5. The van der Waals surface area contributed by atoms with Crippen molar-refractivity contribution < 1.29 is 19.1 Å². The second-order valence-corrected chi connectivity index (χ2v) is 6.06. The van der Waals surface area contributed by atoms with E-state index in [4.69, 9.17) is 16.3 Å². The molecule has 4 amide bonds. The Bertz CT molecular complexity index is 795. The zero-order valence-electron chi connectivity index (χ0n) is 13.6. The van der Waals surface area contributed by atoms with Gasteiger partial charge in [-0.3, -0.25) is 4.79 Å². The highest BCUT2D eigenvalue weighted by Gasteiger charge is 2.33. The average Bonchev–Trinajstić information content (AvgIpc) is 2.96. The first-order valence-corrected chi connectivity index (χ1v) is 8.26. The number of carbonyl (C=O) groups is 3. The van der Waals surface area contributed by atoms with Crippen molar-refractivity contribution in [3.63, 3.8) is 0 Å². The molecular formula is C18H16ClN3O4. The van der Waals surface area contributed by atoms with E-state index < -0.39 is 24.1 Å². The quantitative estimate of drug-likeness (QED) is 0.842. The van der Waals surface area contributed by atoms with E-state index >= 15 is 0 Å². The molecule has 0 bridgehead atoms. The lowest BCUT2D eigenvalue weighted by molar-refractivity contribution is -0.126. The fourth-order valence-corrected chi connectivity index (χ4v) is 2.64. The fraction of sp³-hybridized carbons (Fsp3) is 0.167. The molecule has 2 aromatic rings. The molecule has 1 atom stereocenters. The Morgan fingerprint density at radius 2 is 1.81 bits per heavy atom. The van der Waals surface area contributed by atoms with Crippen LogP contribution in [0, 0.1) is 0 Å². The summed E-state index contributed by atoms with van der Waals surface area (Å²) >= 11 is 5.83. The van der Waals surface area contributed by atoms with Crippen LogP contribution in [0.15, 0.2) is 54.6 Å². The predicted molar refractivity (Wildman–Crippen MR) is 95.9 cm³/mol. The number of anilines is 1. The predicted octanol–water partition coefficient (Wildman–Crippen LogP) is 3.18. The minimum Gasteiger partial charge on any atom is -0.439 e. The van der Waals surface area contributed by atoms with E-state index in [1.807, 2.05) is 18.2 Å². The van der Waals surface area contributed by atoms with E-state index in [1.54, 1.807) is 36.4 Å². The lowest BCUT2D eigenvalue weighted by Crippen LogP contribution is -2.41.